The lowest BCUT2D eigenvalue weighted by molar-refractivity contribution is -0.148. The Balaban J connectivity index is 1.58. The number of nitrogens with zero attached hydrogens (tertiary/aromatic N) is 4. The molecule has 0 N–H and O–H groups in total. The topological polar surface area (TPSA) is 109 Å². The van der Waals surface area contributed by atoms with Crippen molar-refractivity contribution in [3.63, 3.8) is 0 Å². The monoisotopic (exact) mass is 468 g/mol. The SMILES string of the molecule is CO[C@@]1(C#N)CC(F)(F)CN1C(=O)CCC(=O)c1ccnc2ccc(-c3c(C)noc3C)cc12. The smallest absolute Gasteiger partial charge is 0.271 e. The number of hydrogen-bond donors (Lipinski definition) is 0. The molecule has 176 valence electrons. The number of amides is 1. The van der Waals surface area contributed by atoms with E-state index in [1.807, 2.05) is 19.1 Å². The zero-order chi connectivity index (χ0) is 24.7. The third-order valence-corrected chi connectivity index (χ3v) is 6.07. The third kappa shape index (κ3) is 4.03. The molecule has 8 nitrogen and oxygen atoms in total. The van der Waals surface area contributed by atoms with Crippen LogP contribution in [0.1, 0.15) is 41.1 Å². The van der Waals surface area contributed by atoms with Gasteiger partial charge < -0.3 is 9.26 Å². The summed E-state index contributed by atoms with van der Waals surface area (Å²) in [5.41, 5.74) is 1.24. The molecule has 1 amide bonds. The minimum atomic E-state index is -3.25. The van der Waals surface area contributed by atoms with E-state index in [-0.39, 0.29) is 18.6 Å². The quantitative estimate of drug-likeness (QED) is 0.499. The summed E-state index contributed by atoms with van der Waals surface area (Å²) in [4.78, 5) is 30.8. The highest BCUT2D eigenvalue weighted by Crippen LogP contribution is 2.40. The average Bonchev–Trinajstić information content (AvgIpc) is 3.31. The van der Waals surface area contributed by atoms with Crippen LogP contribution in [0.5, 0.6) is 0 Å². The van der Waals surface area contributed by atoms with Gasteiger partial charge in [-0.2, -0.15) is 5.26 Å². The number of aryl methyl sites for hydroxylation is 2. The van der Waals surface area contributed by atoms with Gasteiger partial charge in [0.2, 0.25) is 11.6 Å². The van der Waals surface area contributed by atoms with Gasteiger partial charge in [0.05, 0.1) is 24.2 Å². The van der Waals surface area contributed by atoms with Crippen LogP contribution in [-0.2, 0) is 9.53 Å². The molecule has 3 aromatic rings. The summed E-state index contributed by atoms with van der Waals surface area (Å²) in [6.07, 6.45) is 0.0294. The fourth-order valence-corrected chi connectivity index (χ4v) is 4.41. The Kier molecular flexibility index (Phi) is 5.91. The highest BCUT2D eigenvalue weighted by atomic mass is 19.3. The summed E-state index contributed by atoms with van der Waals surface area (Å²) >= 11 is 0. The Morgan fingerprint density at radius 3 is 2.68 bits per heavy atom. The summed E-state index contributed by atoms with van der Waals surface area (Å²) in [5.74, 6) is -3.70. The van der Waals surface area contributed by atoms with Crippen molar-refractivity contribution in [3.8, 4) is 17.2 Å². The van der Waals surface area contributed by atoms with E-state index in [0.717, 1.165) is 23.1 Å². The third-order valence-electron chi connectivity index (χ3n) is 6.07. The minimum Gasteiger partial charge on any atom is -0.361 e. The van der Waals surface area contributed by atoms with Crippen molar-refractivity contribution in [2.75, 3.05) is 13.7 Å². The molecular weight excluding hydrogens is 446 g/mol. The number of pyridine rings is 1. The molecule has 0 spiro atoms. The van der Waals surface area contributed by atoms with Gasteiger partial charge in [-0.15, -0.1) is 0 Å². The van der Waals surface area contributed by atoms with E-state index in [9.17, 15) is 23.6 Å². The fourth-order valence-electron chi connectivity index (χ4n) is 4.41. The summed E-state index contributed by atoms with van der Waals surface area (Å²) < 4.78 is 38.2. The first-order valence-corrected chi connectivity index (χ1v) is 10.6. The molecule has 1 aromatic carbocycles. The number of fused-ring (bicyclic) bond motifs is 1. The number of ether oxygens (including phenoxy) is 1. The number of rotatable bonds is 6. The van der Waals surface area contributed by atoms with E-state index in [1.54, 1.807) is 25.1 Å². The second-order valence-electron chi connectivity index (χ2n) is 8.33. The van der Waals surface area contributed by atoms with Gasteiger partial charge in [0.25, 0.3) is 5.92 Å². The maximum absolute atomic E-state index is 14.0. The molecule has 1 saturated heterocycles. The maximum atomic E-state index is 14.0. The van der Waals surface area contributed by atoms with E-state index in [1.165, 1.54) is 6.20 Å². The van der Waals surface area contributed by atoms with Gasteiger partial charge in [-0.1, -0.05) is 11.2 Å². The first-order chi connectivity index (χ1) is 16.1. The van der Waals surface area contributed by atoms with Gasteiger partial charge in [0.1, 0.15) is 11.8 Å². The van der Waals surface area contributed by atoms with Crippen molar-refractivity contribution in [3.05, 3.63) is 47.5 Å². The predicted molar refractivity (Wildman–Crippen MR) is 117 cm³/mol. The number of methoxy groups -OCH3 is 1. The van der Waals surface area contributed by atoms with Crippen LogP contribution in [0.15, 0.2) is 35.0 Å². The van der Waals surface area contributed by atoms with Crippen LogP contribution in [-0.4, -0.2) is 52.0 Å². The number of aromatic nitrogens is 2. The molecule has 0 bridgehead atoms. The number of alkyl halides is 2. The number of halogens is 2. The molecule has 2 aromatic heterocycles. The van der Waals surface area contributed by atoms with Crippen molar-refractivity contribution in [1.82, 2.24) is 15.0 Å². The largest absolute Gasteiger partial charge is 0.361 e. The molecular formula is C24H22F2N4O4. The summed E-state index contributed by atoms with van der Waals surface area (Å²) in [7, 11) is 1.11. The van der Waals surface area contributed by atoms with Gasteiger partial charge in [0, 0.05) is 42.7 Å². The first kappa shape index (κ1) is 23.4. The van der Waals surface area contributed by atoms with Crippen LogP contribution >= 0.6 is 0 Å². The highest BCUT2D eigenvalue weighted by Gasteiger charge is 2.57. The molecule has 0 aliphatic carbocycles. The average molecular weight is 468 g/mol. The molecule has 1 aliphatic rings. The lowest BCUT2D eigenvalue weighted by Crippen LogP contribution is -2.47. The molecule has 1 atom stereocenters. The Labute approximate surface area is 194 Å². The number of carbonyl (C=O) groups is 2. The van der Waals surface area contributed by atoms with Crippen LogP contribution in [0.25, 0.3) is 22.0 Å². The Hall–Kier alpha value is -3.71. The van der Waals surface area contributed by atoms with Crippen molar-refractivity contribution in [1.29, 1.82) is 5.26 Å². The van der Waals surface area contributed by atoms with Crippen LogP contribution in [0.3, 0.4) is 0 Å². The van der Waals surface area contributed by atoms with Crippen LogP contribution < -0.4 is 0 Å². The number of benzene rings is 1. The van der Waals surface area contributed by atoms with Crippen LogP contribution in [0, 0.1) is 25.2 Å². The molecule has 1 aliphatic heterocycles. The molecule has 1 fully saturated rings. The molecule has 0 unspecified atom stereocenters. The predicted octanol–water partition coefficient (Wildman–Crippen LogP) is 4.20. The van der Waals surface area contributed by atoms with Gasteiger partial charge in [-0.25, -0.2) is 8.78 Å². The number of Topliss-reactive ketones (excluding diaryl/α,β-unsaturated/α-hetero) is 1. The molecule has 0 radical (unpaired) electrons. The second kappa shape index (κ2) is 8.57. The number of carbonyl (C=O) groups excluding carboxylic acids is 2. The van der Waals surface area contributed by atoms with Crippen molar-refractivity contribution < 1.29 is 27.6 Å². The zero-order valence-corrected chi connectivity index (χ0v) is 18.9. The highest BCUT2D eigenvalue weighted by molar-refractivity contribution is 6.08. The second-order valence-corrected chi connectivity index (χ2v) is 8.33. The van der Waals surface area contributed by atoms with Gasteiger partial charge in [-0.3, -0.25) is 19.5 Å². The molecule has 3 heterocycles. The van der Waals surface area contributed by atoms with Crippen molar-refractivity contribution in [2.45, 2.75) is 44.8 Å². The Morgan fingerprint density at radius 2 is 2.03 bits per heavy atom. The minimum absolute atomic E-state index is 0.221. The lowest BCUT2D eigenvalue weighted by atomic mass is 9.97. The Morgan fingerprint density at radius 1 is 1.26 bits per heavy atom. The molecule has 4 rings (SSSR count). The number of likely N-dealkylation sites (tertiary alicyclic amines) is 1. The van der Waals surface area contributed by atoms with E-state index < -0.39 is 30.5 Å². The number of nitriles is 1. The summed E-state index contributed by atoms with van der Waals surface area (Å²) in [6.45, 7) is 2.68. The van der Waals surface area contributed by atoms with Gasteiger partial charge in [-0.05, 0) is 37.6 Å². The molecule has 10 heteroatoms. The molecule has 34 heavy (non-hydrogen) atoms. The fraction of sp³-hybridized carbons (Fsp3) is 0.375. The first-order valence-electron chi connectivity index (χ1n) is 10.6. The number of ketones is 1. The Bertz CT molecular complexity index is 1310. The van der Waals surface area contributed by atoms with E-state index in [0.29, 0.717) is 27.9 Å². The lowest BCUT2D eigenvalue weighted by Gasteiger charge is -2.29. The summed E-state index contributed by atoms with van der Waals surface area (Å²) in [5, 5.41) is 14.0. The van der Waals surface area contributed by atoms with Crippen LogP contribution in [0.2, 0.25) is 0 Å². The number of hydrogen-bond acceptors (Lipinski definition) is 7. The summed E-state index contributed by atoms with van der Waals surface area (Å²) in [6, 6.07) is 8.70. The molecule has 0 saturated carbocycles. The van der Waals surface area contributed by atoms with E-state index in [2.05, 4.69) is 10.1 Å². The standard InChI is InChI=1S/C24H22F2N4O4/c1-14-22(15(2)34-29-14)16-4-5-19-18(10-16)17(8-9-28-19)20(31)6-7-21(32)30-13-23(25,26)11-24(30,12-27)33-3/h4-5,8-10H,6-7,11,13H2,1-3H3/t24-/m1/s1. The van der Waals surface area contributed by atoms with Gasteiger partial charge in [0.15, 0.2) is 5.78 Å². The van der Waals surface area contributed by atoms with Crippen LogP contribution in [0.4, 0.5) is 8.78 Å². The van der Waals surface area contributed by atoms with Crippen molar-refractivity contribution in [2.24, 2.45) is 0 Å². The van der Waals surface area contributed by atoms with E-state index in [4.69, 9.17) is 9.26 Å². The normalized spacial score (nSPS) is 19.4. The van der Waals surface area contributed by atoms with E-state index >= 15 is 0 Å². The van der Waals surface area contributed by atoms with Gasteiger partial charge >= 0.3 is 0 Å². The van der Waals surface area contributed by atoms with Crippen molar-refractivity contribution >= 4 is 22.6 Å². The maximum Gasteiger partial charge on any atom is 0.271 e. The zero-order valence-electron chi connectivity index (χ0n) is 18.9.